The Morgan fingerprint density at radius 2 is 1.50 bits per heavy atom. The van der Waals surface area contributed by atoms with Crippen LogP contribution in [0.25, 0.3) is 11.3 Å². The average molecular weight is 358 g/mol. The van der Waals surface area contributed by atoms with Crippen LogP contribution in [0.3, 0.4) is 0 Å². The van der Waals surface area contributed by atoms with Crippen LogP contribution in [0.2, 0.25) is 0 Å². The predicted octanol–water partition coefficient (Wildman–Crippen LogP) is -0.461. The summed E-state index contributed by atoms with van der Waals surface area (Å²) >= 11 is 0. The van der Waals surface area contributed by atoms with Gasteiger partial charge in [-0.3, -0.25) is 29.4 Å². The van der Waals surface area contributed by atoms with Crippen LogP contribution < -0.4 is 16.3 Å². The number of imide groups is 2. The lowest BCUT2D eigenvalue weighted by Crippen LogP contribution is -2.55. The van der Waals surface area contributed by atoms with Crippen molar-refractivity contribution < 1.29 is 24.3 Å². The Kier molecular flexibility index (Phi) is 3.95. The maximum absolute atomic E-state index is 12.4. The van der Waals surface area contributed by atoms with Gasteiger partial charge in [-0.2, -0.15) is 0 Å². The highest BCUT2D eigenvalue weighted by Crippen LogP contribution is 2.30. The first-order valence-corrected chi connectivity index (χ1v) is 7.47. The molecule has 1 aromatic carbocycles. The Morgan fingerprint density at radius 3 is 2.00 bits per heavy atom. The molecule has 0 bridgehead atoms. The normalized spacial score (nSPS) is 14.9. The van der Waals surface area contributed by atoms with Crippen LogP contribution in [-0.2, 0) is 23.7 Å². The van der Waals surface area contributed by atoms with Gasteiger partial charge >= 0.3 is 17.7 Å². The van der Waals surface area contributed by atoms with Crippen molar-refractivity contribution in [3.8, 4) is 11.3 Å². The van der Waals surface area contributed by atoms with E-state index in [2.05, 4.69) is 0 Å². The van der Waals surface area contributed by atoms with Gasteiger partial charge in [-0.25, -0.2) is 14.4 Å². The molecule has 0 radical (unpaired) electrons. The van der Waals surface area contributed by atoms with Crippen molar-refractivity contribution in [3.05, 3.63) is 46.0 Å². The van der Waals surface area contributed by atoms with Gasteiger partial charge in [0.05, 0.1) is 17.0 Å². The Balaban J connectivity index is 2.21. The number of aromatic nitrogens is 2. The molecule has 26 heavy (non-hydrogen) atoms. The van der Waals surface area contributed by atoms with E-state index in [-0.39, 0.29) is 17.0 Å². The van der Waals surface area contributed by atoms with Crippen LogP contribution in [0, 0.1) is 0 Å². The fraction of sp³-hybridized carbons (Fsp3) is 0.188. The third-order valence-corrected chi connectivity index (χ3v) is 4.19. The van der Waals surface area contributed by atoms with Crippen LogP contribution in [0.5, 0.6) is 0 Å². The number of hydrogen-bond donors (Lipinski definition) is 3. The average Bonchev–Trinajstić information content (AvgIpc) is 2.79. The van der Waals surface area contributed by atoms with Crippen molar-refractivity contribution in [1.82, 2.24) is 19.8 Å². The Hall–Kier alpha value is -3.69. The number of hydrogen-bond acceptors (Lipinski definition) is 5. The summed E-state index contributed by atoms with van der Waals surface area (Å²) < 4.78 is 2.40. The minimum Gasteiger partial charge on any atom is -0.478 e. The maximum Gasteiger partial charge on any atom is 0.335 e. The summed E-state index contributed by atoms with van der Waals surface area (Å²) in [6.45, 7) is 0. The third-order valence-electron chi connectivity index (χ3n) is 4.19. The van der Waals surface area contributed by atoms with Gasteiger partial charge < -0.3 is 5.11 Å². The summed E-state index contributed by atoms with van der Waals surface area (Å²) in [6, 6.07) is 4.73. The molecule has 0 aliphatic carbocycles. The van der Waals surface area contributed by atoms with Crippen molar-refractivity contribution in [1.29, 1.82) is 0 Å². The van der Waals surface area contributed by atoms with Crippen molar-refractivity contribution in [2.24, 2.45) is 14.1 Å². The Labute approximate surface area is 146 Å². The largest absolute Gasteiger partial charge is 0.478 e. The molecule has 10 nitrogen and oxygen atoms in total. The molecule has 0 saturated carbocycles. The van der Waals surface area contributed by atoms with Crippen LogP contribution in [-0.4, -0.2) is 38.1 Å². The molecule has 0 spiro atoms. The van der Waals surface area contributed by atoms with E-state index in [1.165, 1.54) is 42.9 Å². The third kappa shape index (κ3) is 2.57. The zero-order valence-electron chi connectivity index (χ0n) is 13.8. The molecule has 3 rings (SSSR count). The number of nitrogens with zero attached hydrogens (tertiary/aromatic N) is 2. The molecule has 0 unspecified atom stereocenters. The second kappa shape index (κ2) is 5.99. The molecular weight excluding hydrogens is 344 g/mol. The number of aromatic carboxylic acids is 1. The lowest BCUT2D eigenvalue weighted by molar-refractivity contribution is -0.132. The fourth-order valence-electron chi connectivity index (χ4n) is 2.96. The number of urea groups is 1. The summed E-state index contributed by atoms with van der Waals surface area (Å²) in [5, 5.41) is 13.0. The number of carboxylic acids is 1. The second-order valence-electron chi connectivity index (χ2n) is 5.76. The van der Waals surface area contributed by atoms with E-state index in [0.29, 0.717) is 5.56 Å². The predicted molar refractivity (Wildman–Crippen MR) is 87.5 cm³/mol. The van der Waals surface area contributed by atoms with E-state index in [4.69, 9.17) is 5.11 Å². The summed E-state index contributed by atoms with van der Waals surface area (Å²) in [5.41, 5.74) is 0.398. The lowest BCUT2D eigenvalue weighted by atomic mass is 9.96. The topological polar surface area (TPSA) is 140 Å². The second-order valence-corrected chi connectivity index (χ2v) is 5.76. The first-order valence-electron chi connectivity index (χ1n) is 7.47. The number of amides is 4. The summed E-state index contributed by atoms with van der Waals surface area (Å²) in [5.74, 6) is -4.20. The van der Waals surface area contributed by atoms with E-state index in [0.717, 1.165) is 4.57 Å². The van der Waals surface area contributed by atoms with Gasteiger partial charge in [0.15, 0.2) is 5.92 Å². The fourth-order valence-corrected chi connectivity index (χ4v) is 2.96. The number of carbonyl (C=O) groups excluding carboxylic acids is 3. The van der Waals surface area contributed by atoms with Gasteiger partial charge in [0.1, 0.15) is 0 Å². The number of nitrogens with one attached hydrogen (secondary N) is 2. The number of carboxylic acid groups (broad SMARTS) is 1. The lowest BCUT2D eigenvalue weighted by Gasteiger charge is -2.22. The number of benzene rings is 1. The zero-order chi connectivity index (χ0) is 19.2. The first-order chi connectivity index (χ1) is 12.2. The van der Waals surface area contributed by atoms with E-state index in [9.17, 15) is 24.0 Å². The molecule has 134 valence electrons. The summed E-state index contributed by atoms with van der Waals surface area (Å²) in [6.07, 6.45) is 0. The van der Waals surface area contributed by atoms with Crippen LogP contribution in [0.15, 0.2) is 29.1 Å². The molecule has 10 heteroatoms. The van der Waals surface area contributed by atoms with Crippen LogP contribution in [0.4, 0.5) is 4.79 Å². The Bertz CT molecular complexity index is 995. The highest BCUT2D eigenvalue weighted by Gasteiger charge is 2.40. The molecule has 2 aromatic rings. The van der Waals surface area contributed by atoms with Crippen molar-refractivity contribution in [2.75, 3.05) is 0 Å². The van der Waals surface area contributed by atoms with Crippen molar-refractivity contribution >= 4 is 23.8 Å². The van der Waals surface area contributed by atoms with Crippen LogP contribution in [0.1, 0.15) is 22.0 Å². The highest BCUT2D eigenvalue weighted by atomic mass is 16.4. The van der Waals surface area contributed by atoms with E-state index < -0.39 is 35.4 Å². The van der Waals surface area contributed by atoms with Gasteiger partial charge in [-0.05, 0) is 12.1 Å². The SMILES string of the molecule is Cn1c(-c2ccc(C(=O)O)cc2)c(C2C(=O)NC(=O)NC2=O)n(C)c1=O. The quantitative estimate of drug-likeness (QED) is 0.634. The van der Waals surface area contributed by atoms with Crippen molar-refractivity contribution in [2.45, 2.75) is 5.92 Å². The van der Waals surface area contributed by atoms with E-state index in [1.54, 1.807) is 0 Å². The monoisotopic (exact) mass is 358 g/mol. The molecule has 1 aliphatic rings. The van der Waals surface area contributed by atoms with Crippen molar-refractivity contribution in [3.63, 3.8) is 0 Å². The molecule has 1 saturated heterocycles. The molecule has 1 aliphatic heterocycles. The van der Waals surface area contributed by atoms with Gasteiger partial charge in [0.25, 0.3) is 0 Å². The van der Waals surface area contributed by atoms with Crippen LogP contribution >= 0.6 is 0 Å². The standard InChI is InChI=1S/C16H14N4O6/c1-19-10(7-3-5-8(6-4-7)14(23)24)11(20(2)16(19)26)9-12(21)17-15(25)18-13(9)22/h3-6,9H,1-2H3,(H,23,24)(H2,17,18,21,22,25). The minimum absolute atomic E-state index is 0.0509. The van der Waals surface area contributed by atoms with E-state index >= 15 is 0 Å². The number of barbiturate groups is 1. The van der Waals surface area contributed by atoms with Gasteiger partial charge in [-0.15, -0.1) is 0 Å². The minimum atomic E-state index is -1.40. The molecule has 0 atom stereocenters. The zero-order valence-corrected chi connectivity index (χ0v) is 13.8. The summed E-state index contributed by atoms with van der Waals surface area (Å²) in [7, 11) is 2.87. The van der Waals surface area contributed by atoms with Gasteiger partial charge in [0.2, 0.25) is 11.8 Å². The number of carbonyl (C=O) groups is 4. The number of imidazole rings is 1. The Morgan fingerprint density at radius 1 is 0.962 bits per heavy atom. The van der Waals surface area contributed by atoms with E-state index in [1.807, 2.05) is 10.6 Å². The molecule has 2 heterocycles. The summed E-state index contributed by atoms with van der Waals surface area (Å²) in [4.78, 5) is 59.1. The molecule has 1 fully saturated rings. The number of rotatable bonds is 3. The molecule has 3 N–H and O–H groups in total. The van der Waals surface area contributed by atoms with Gasteiger partial charge in [0, 0.05) is 19.7 Å². The highest BCUT2D eigenvalue weighted by molar-refractivity contribution is 6.19. The molecule has 4 amide bonds. The van der Waals surface area contributed by atoms with Gasteiger partial charge in [-0.1, -0.05) is 12.1 Å². The molecular formula is C16H14N4O6. The smallest absolute Gasteiger partial charge is 0.335 e. The first kappa shape index (κ1) is 17.1. The molecule has 1 aromatic heterocycles. The maximum atomic E-state index is 12.4.